The Labute approximate surface area is 171 Å². The van der Waals surface area contributed by atoms with E-state index in [0.29, 0.717) is 5.41 Å². The molecule has 1 saturated carbocycles. The molecule has 0 aromatic rings. The third kappa shape index (κ3) is 8.43. The first kappa shape index (κ1) is 23.0. The third-order valence-corrected chi connectivity index (χ3v) is 5.65. The molecule has 1 aliphatic carbocycles. The monoisotopic (exact) mass is 466 g/mol. The van der Waals surface area contributed by atoms with Gasteiger partial charge in [0, 0.05) is 45.9 Å². The minimum Gasteiger partial charge on any atom is -0.382 e. The molecule has 5 nitrogen and oxygen atoms in total. The zero-order chi connectivity index (χ0) is 17.3. The van der Waals surface area contributed by atoms with E-state index in [2.05, 4.69) is 34.4 Å². The summed E-state index contributed by atoms with van der Waals surface area (Å²) < 4.78 is 5.51. The summed E-state index contributed by atoms with van der Waals surface area (Å²) in [7, 11) is 1.86. The van der Waals surface area contributed by atoms with Gasteiger partial charge in [-0.25, -0.2) is 0 Å². The molecular weight excluding hydrogens is 427 g/mol. The summed E-state index contributed by atoms with van der Waals surface area (Å²) >= 11 is 0. The van der Waals surface area contributed by atoms with Crippen LogP contribution < -0.4 is 10.6 Å². The van der Waals surface area contributed by atoms with Crippen molar-refractivity contribution >= 4 is 29.9 Å². The second kappa shape index (κ2) is 12.3. The van der Waals surface area contributed by atoms with Gasteiger partial charge in [0.05, 0.1) is 0 Å². The fourth-order valence-electron chi connectivity index (χ4n) is 3.60. The van der Waals surface area contributed by atoms with Crippen molar-refractivity contribution in [3.63, 3.8) is 0 Å². The summed E-state index contributed by atoms with van der Waals surface area (Å²) in [5, 5.41) is 6.99. The van der Waals surface area contributed by atoms with Gasteiger partial charge in [-0.1, -0.05) is 6.42 Å². The maximum absolute atomic E-state index is 5.51. The van der Waals surface area contributed by atoms with Crippen LogP contribution in [0.25, 0.3) is 0 Å². The lowest BCUT2D eigenvalue weighted by molar-refractivity contribution is 0.128. The summed E-state index contributed by atoms with van der Waals surface area (Å²) in [6.07, 6.45) is 9.11. The van der Waals surface area contributed by atoms with Crippen LogP contribution in [0.2, 0.25) is 0 Å². The van der Waals surface area contributed by atoms with Gasteiger partial charge < -0.3 is 20.3 Å². The Bertz CT molecular complexity index is 388. The molecule has 0 radical (unpaired) electrons. The lowest BCUT2D eigenvalue weighted by atomic mass is 10.0. The second-order valence-electron chi connectivity index (χ2n) is 7.53. The number of halogens is 1. The SMILES string of the molecule is CCOCCC1(CNC(=NC)NCCCN2CCCCC2C)CC1.I. The number of guanidine groups is 1. The van der Waals surface area contributed by atoms with E-state index in [1.807, 2.05) is 7.05 Å². The Balaban J connectivity index is 0.00000312. The lowest BCUT2D eigenvalue weighted by Crippen LogP contribution is -2.42. The van der Waals surface area contributed by atoms with Gasteiger partial charge in [0.1, 0.15) is 0 Å². The number of nitrogens with one attached hydrogen (secondary N) is 2. The van der Waals surface area contributed by atoms with E-state index in [-0.39, 0.29) is 24.0 Å². The molecule has 148 valence electrons. The molecule has 25 heavy (non-hydrogen) atoms. The average Bonchev–Trinajstić information content (AvgIpc) is 3.36. The number of hydrogen-bond acceptors (Lipinski definition) is 3. The summed E-state index contributed by atoms with van der Waals surface area (Å²) in [4.78, 5) is 7.00. The van der Waals surface area contributed by atoms with E-state index in [0.717, 1.165) is 44.7 Å². The number of piperidine rings is 1. The van der Waals surface area contributed by atoms with Crippen molar-refractivity contribution in [3.05, 3.63) is 0 Å². The van der Waals surface area contributed by atoms with Crippen molar-refractivity contribution in [2.24, 2.45) is 10.4 Å². The quantitative estimate of drug-likeness (QED) is 0.225. The maximum atomic E-state index is 5.51. The Morgan fingerprint density at radius 3 is 2.72 bits per heavy atom. The van der Waals surface area contributed by atoms with Crippen LogP contribution in [0, 0.1) is 5.41 Å². The molecule has 2 fully saturated rings. The molecule has 0 spiro atoms. The molecule has 2 rings (SSSR count). The summed E-state index contributed by atoms with van der Waals surface area (Å²) in [5.74, 6) is 0.948. The first-order valence-corrected chi connectivity index (χ1v) is 9.95. The number of hydrogen-bond donors (Lipinski definition) is 2. The van der Waals surface area contributed by atoms with Gasteiger partial charge in [-0.2, -0.15) is 0 Å². The molecule has 6 heteroatoms. The number of ether oxygens (including phenoxy) is 1. The zero-order valence-corrected chi connectivity index (χ0v) is 18.8. The Morgan fingerprint density at radius 1 is 1.28 bits per heavy atom. The highest BCUT2D eigenvalue weighted by molar-refractivity contribution is 14.0. The van der Waals surface area contributed by atoms with Crippen molar-refractivity contribution in [1.29, 1.82) is 0 Å². The second-order valence-corrected chi connectivity index (χ2v) is 7.53. The number of rotatable bonds is 10. The molecule has 2 N–H and O–H groups in total. The van der Waals surface area contributed by atoms with Gasteiger partial charge in [0.2, 0.25) is 0 Å². The van der Waals surface area contributed by atoms with Gasteiger partial charge in [0.15, 0.2) is 5.96 Å². The highest BCUT2D eigenvalue weighted by Gasteiger charge is 2.41. The van der Waals surface area contributed by atoms with E-state index in [1.54, 1.807) is 0 Å². The van der Waals surface area contributed by atoms with Crippen molar-refractivity contribution in [2.45, 2.75) is 64.8 Å². The number of likely N-dealkylation sites (tertiary alicyclic amines) is 1. The Kier molecular flexibility index (Phi) is 11.3. The van der Waals surface area contributed by atoms with Crippen molar-refractivity contribution < 1.29 is 4.74 Å². The standard InChI is InChI=1S/C19H38N4O.HI/c1-4-24-15-11-19(9-10-19)16-22-18(20-3)21-12-7-14-23-13-6-5-8-17(23)2;/h17H,4-16H2,1-3H3,(H2,20,21,22);1H. The Hall–Kier alpha value is -0.0800. The molecule has 1 aliphatic heterocycles. The van der Waals surface area contributed by atoms with Crippen LogP contribution in [-0.4, -0.2) is 63.3 Å². The molecule has 0 aromatic heterocycles. The fraction of sp³-hybridized carbons (Fsp3) is 0.947. The van der Waals surface area contributed by atoms with Gasteiger partial charge in [-0.15, -0.1) is 24.0 Å². The van der Waals surface area contributed by atoms with Crippen molar-refractivity contribution in [2.75, 3.05) is 46.4 Å². The zero-order valence-electron chi connectivity index (χ0n) is 16.5. The molecule has 1 atom stereocenters. The van der Waals surface area contributed by atoms with E-state index < -0.39 is 0 Å². The summed E-state index contributed by atoms with van der Waals surface area (Å²) in [5.41, 5.74) is 0.454. The molecule has 1 unspecified atom stereocenters. The minimum atomic E-state index is 0. The topological polar surface area (TPSA) is 48.9 Å². The van der Waals surface area contributed by atoms with Crippen molar-refractivity contribution in [1.82, 2.24) is 15.5 Å². The highest BCUT2D eigenvalue weighted by Crippen LogP contribution is 2.48. The molecule has 2 aliphatic rings. The van der Waals surface area contributed by atoms with E-state index in [1.165, 1.54) is 51.6 Å². The largest absolute Gasteiger partial charge is 0.382 e. The van der Waals surface area contributed by atoms with Gasteiger partial charge in [-0.3, -0.25) is 4.99 Å². The van der Waals surface area contributed by atoms with Gasteiger partial charge >= 0.3 is 0 Å². The first-order valence-electron chi connectivity index (χ1n) is 9.95. The first-order chi connectivity index (χ1) is 11.7. The third-order valence-electron chi connectivity index (χ3n) is 5.65. The maximum Gasteiger partial charge on any atom is 0.190 e. The summed E-state index contributed by atoms with van der Waals surface area (Å²) in [6.45, 7) is 10.6. The van der Waals surface area contributed by atoms with Crippen LogP contribution in [0.4, 0.5) is 0 Å². The summed E-state index contributed by atoms with van der Waals surface area (Å²) in [6, 6.07) is 0.760. The molecule has 0 bridgehead atoms. The number of aliphatic imine (C=N–C) groups is 1. The van der Waals surface area contributed by atoms with Gasteiger partial charge in [-0.05, 0) is 64.3 Å². The van der Waals surface area contributed by atoms with Crippen LogP contribution in [-0.2, 0) is 4.74 Å². The molecule has 1 heterocycles. The normalized spacial score (nSPS) is 23.0. The van der Waals surface area contributed by atoms with Gasteiger partial charge in [0.25, 0.3) is 0 Å². The van der Waals surface area contributed by atoms with E-state index >= 15 is 0 Å². The molecular formula is C19H39IN4O. The van der Waals surface area contributed by atoms with Crippen LogP contribution in [0.1, 0.15) is 58.8 Å². The molecule has 0 aromatic carbocycles. The average molecular weight is 466 g/mol. The predicted octanol–water partition coefficient (Wildman–Crippen LogP) is 3.24. The van der Waals surface area contributed by atoms with Crippen LogP contribution >= 0.6 is 24.0 Å². The van der Waals surface area contributed by atoms with E-state index in [4.69, 9.17) is 4.74 Å². The fourth-order valence-corrected chi connectivity index (χ4v) is 3.60. The minimum absolute atomic E-state index is 0. The van der Waals surface area contributed by atoms with Crippen LogP contribution in [0.15, 0.2) is 4.99 Å². The predicted molar refractivity (Wildman–Crippen MR) is 117 cm³/mol. The van der Waals surface area contributed by atoms with Crippen LogP contribution in [0.3, 0.4) is 0 Å². The van der Waals surface area contributed by atoms with E-state index in [9.17, 15) is 0 Å². The smallest absolute Gasteiger partial charge is 0.190 e. The Morgan fingerprint density at radius 2 is 2.08 bits per heavy atom. The van der Waals surface area contributed by atoms with Crippen molar-refractivity contribution in [3.8, 4) is 0 Å². The lowest BCUT2D eigenvalue weighted by Gasteiger charge is -2.33. The highest BCUT2D eigenvalue weighted by atomic mass is 127. The van der Waals surface area contributed by atoms with Crippen LogP contribution in [0.5, 0.6) is 0 Å². The number of nitrogens with zero attached hydrogens (tertiary/aromatic N) is 2. The molecule has 0 amide bonds. The molecule has 1 saturated heterocycles.